The standard InChI is InChI=1S/C31H49N5O5Si/c1-30(2,3)42(6,7)41-22-33-19-25-27(37)36(21-35(25)20-33)24-14-17-34(18-15-24)28(38)26(32-29(39)40)31(4,5)16-13-23-11-9-8-10-12-23/h8-12,19,24,26,32H,13-18,20-22H2,1-7H3,(H,39,40)/t26-/m0/s1. The number of likely N-dealkylation sites (tertiary alicyclic amines) is 1. The second-order valence-corrected chi connectivity index (χ2v) is 19.0. The van der Waals surface area contributed by atoms with Gasteiger partial charge in [0.05, 0.1) is 13.3 Å². The number of carboxylic acid groups (broad SMARTS) is 1. The minimum atomic E-state index is -1.89. The van der Waals surface area contributed by atoms with Crippen LogP contribution in [0, 0.1) is 5.41 Å². The number of hydrogen-bond acceptors (Lipinski definition) is 6. The molecule has 1 aromatic rings. The predicted molar refractivity (Wildman–Crippen MR) is 165 cm³/mol. The highest BCUT2D eigenvalue weighted by Gasteiger charge is 2.44. The van der Waals surface area contributed by atoms with Gasteiger partial charge in [-0.1, -0.05) is 65.0 Å². The monoisotopic (exact) mass is 599 g/mol. The molecule has 0 aromatic heterocycles. The SMILES string of the molecule is CC(C)(CCc1ccccc1)[C@@H](NC(=O)O)C(=O)N1CCC(N2CN3CN(CO[Si](C)(C)C(C)(C)C)C=C3C2=O)CC1. The van der Waals surface area contributed by atoms with E-state index >= 15 is 0 Å². The summed E-state index contributed by atoms with van der Waals surface area (Å²) in [5, 5.41) is 12.2. The number of aryl methyl sites for hydroxylation is 1. The van der Waals surface area contributed by atoms with Crippen molar-refractivity contribution < 1.29 is 23.9 Å². The van der Waals surface area contributed by atoms with Crippen LogP contribution < -0.4 is 5.32 Å². The number of hydrogen-bond donors (Lipinski definition) is 2. The number of fused-ring (bicyclic) bond motifs is 1. The molecule has 0 aliphatic carbocycles. The number of carbonyl (C=O) groups is 3. The van der Waals surface area contributed by atoms with Crippen LogP contribution in [0.5, 0.6) is 0 Å². The van der Waals surface area contributed by atoms with Crippen LogP contribution in [0.15, 0.2) is 42.2 Å². The molecule has 3 aliphatic rings. The molecule has 0 unspecified atom stereocenters. The molecule has 3 heterocycles. The van der Waals surface area contributed by atoms with Crippen molar-refractivity contribution in [3.63, 3.8) is 0 Å². The van der Waals surface area contributed by atoms with E-state index in [2.05, 4.69) is 49.0 Å². The van der Waals surface area contributed by atoms with Gasteiger partial charge in [0.2, 0.25) is 5.91 Å². The molecule has 42 heavy (non-hydrogen) atoms. The van der Waals surface area contributed by atoms with Crippen molar-refractivity contribution in [2.75, 3.05) is 33.2 Å². The van der Waals surface area contributed by atoms with E-state index < -0.39 is 25.9 Å². The van der Waals surface area contributed by atoms with Crippen molar-refractivity contribution in [2.24, 2.45) is 5.41 Å². The van der Waals surface area contributed by atoms with Gasteiger partial charge in [-0.25, -0.2) is 4.79 Å². The van der Waals surface area contributed by atoms with Gasteiger partial charge in [-0.05, 0) is 54.8 Å². The molecule has 3 aliphatic heterocycles. The summed E-state index contributed by atoms with van der Waals surface area (Å²) in [6.07, 6.45) is 3.48. The molecule has 4 rings (SSSR count). The number of rotatable bonds is 10. The Hall–Kier alpha value is -3.05. The Labute approximate surface area is 251 Å². The molecule has 10 nitrogen and oxygen atoms in total. The lowest BCUT2D eigenvalue weighted by Gasteiger charge is -2.41. The van der Waals surface area contributed by atoms with E-state index in [-0.39, 0.29) is 22.9 Å². The van der Waals surface area contributed by atoms with E-state index in [1.807, 2.05) is 55.3 Å². The summed E-state index contributed by atoms with van der Waals surface area (Å²) < 4.78 is 6.35. The highest BCUT2D eigenvalue weighted by molar-refractivity contribution is 6.74. The van der Waals surface area contributed by atoms with E-state index in [9.17, 15) is 19.5 Å². The Morgan fingerprint density at radius 1 is 1.07 bits per heavy atom. The van der Waals surface area contributed by atoms with E-state index in [1.165, 1.54) is 0 Å². The van der Waals surface area contributed by atoms with Gasteiger partial charge in [-0.15, -0.1) is 0 Å². The minimum Gasteiger partial charge on any atom is -0.465 e. The third kappa shape index (κ3) is 7.11. The molecule has 232 valence electrons. The summed E-state index contributed by atoms with van der Waals surface area (Å²) in [6, 6.07) is 9.22. The molecule has 2 N–H and O–H groups in total. The normalized spacial score (nSPS) is 19.2. The first kappa shape index (κ1) is 31.9. The summed E-state index contributed by atoms with van der Waals surface area (Å²) in [4.78, 5) is 46.6. The summed E-state index contributed by atoms with van der Waals surface area (Å²) in [5.41, 5.74) is 1.29. The second kappa shape index (κ2) is 12.3. The van der Waals surface area contributed by atoms with E-state index in [0.717, 1.165) is 12.0 Å². The first-order valence-electron chi connectivity index (χ1n) is 15.1. The zero-order chi connectivity index (χ0) is 30.9. The maximum atomic E-state index is 13.7. The van der Waals surface area contributed by atoms with Crippen molar-refractivity contribution in [1.29, 1.82) is 0 Å². The lowest BCUT2D eigenvalue weighted by molar-refractivity contribution is -0.138. The van der Waals surface area contributed by atoms with Crippen molar-refractivity contribution in [3.05, 3.63) is 47.8 Å². The van der Waals surface area contributed by atoms with Crippen LogP contribution >= 0.6 is 0 Å². The largest absolute Gasteiger partial charge is 0.465 e. The Balaban J connectivity index is 1.32. The van der Waals surface area contributed by atoms with Crippen LogP contribution in [-0.4, -0.2) is 96.2 Å². The van der Waals surface area contributed by atoms with Crippen LogP contribution in [0.3, 0.4) is 0 Å². The molecule has 2 fully saturated rings. The van der Waals surface area contributed by atoms with Crippen LogP contribution in [-0.2, 0) is 20.4 Å². The van der Waals surface area contributed by atoms with Crippen molar-refractivity contribution in [2.45, 2.75) is 90.5 Å². The van der Waals surface area contributed by atoms with E-state index in [0.29, 0.717) is 58.1 Å². The topological polar surface area (TPSA) is 106 Å². The quantitative estimate of drug-likeness (QED) is 0.383. The molecule has 0 radical (unpaired) electrons. The lowest BCUT2D eigenvalue weighted by atomic mass is 9.78. The van der Waals surface area contributed by atoms with Gasteiger partial charge in [0.15, 0.2) is 8.32 Å². The summed E-state index contributed by atoms with van der Waals surface area (Å²) in [5.74, 6) is -0.163. The average Bonchev–Trinajstić information content (AvgIpc) is 3.47. The fraction of sp³-hybridized carbons (Fsp3) is 0.645. The number of nitrogens with one attached hydrogen (secondary N) is 1. The number of piperidine rings is 1. The van der Waals surface area contributed by atoms with Gasteiger partial charge >= 0.3 is 6.09 Å². The van der Waals surface area contributed by atoms with Crippen molar-refractivity contribution >= 4 is 26.2 Å². The Kier molecular flexibility index (Phi) is 9.32. The molecular formula is C31H49N5O5Si. The minimum absolute atomic E-state index is 0.0297. The Bertz CT molecular complexity index is 1170. The number of nitrogens with zero attached hydrogens (tertiary/aromatic N) is 4. The first-order chi connectivity index (χ1) is 19.6. The fourth-order valence-electron chi connectivity index (χ4n) is 5.67. The maximum absolute atomic E-state index is 13.7. The summed E-state index contributed by atoms with van der Waals surface area (Å²) in [7, 11) is -1.89. The van der Waals surface area contributed by atoms with E-state index in [4.69, 9.17) is 4.43 Å². The zero-order valence-corrected chi connectivity index (χ0v) is 27.4. The Morgan fingerprint density at radius 2 is 1.71 bits per heavy atom. The molecule has 0 saturated carbocycles. The lowest BCUT2D eigenvalue weighted by Crippen LogP contribution is -2.58. The highest BCUT2D eigenvalue weighted by Crippen LogP contribution is 2.37. The van der Waals surface area contributed by atoms with Gasteiger partial charge in [0.25, 0.3) is 5.91 Å². The zero-order valence-electron chi connectivity index (χ0n) is 26.4. The smallest absolute Gasteiger partial charge is 0.405 e. The number of amides is 3. The van der Waals surface area contributed by atoms with Gasteiger partial charge in [0.1, 0.15) is 18.5 Å². The highest BCUT2D eigenvalue weighted by atomic mass is 28.4. The van der Waals surface area contributed by atoms with Gasteiger partial charge in [-0.2, -0.15) is 0 Å². The molecule has 11 heteroatoms. The first-order valence-corrected chi connectivity index (χ1v) is 18.0. The van der Waals surface area contributed by atoms with Crippen LogP contribution in [0.2, 0.25) is 18.1 Å². The molecule has 2 saturated heterocycles. The molecule has 0 bridgehead atoms. The molecule has 3 amide bonds. The fourth-order valence-corrected chi connectivity index (χ4v) is 6.59. The molecule has 0 spiro atoms. The average molecular weight is 600 g/mol. The second-order valence-electron chi connectivity index (χ2n) is 14.1. The summed E-state index contributed by atoms with van der Waals surface area (Å²) >= 11 is 0. The third-order valence-corrected chi connectivity index (χ3v) is 14.1. The van der Waals surface area contributed by atoms with Crippen molar-refractivity contribution in [1.82, 2.24) is 24.9 Å². The number of benzene rings is 1. The van der Waals surface area contributed by atoms with Gasteiger partial charge < -0.3 is 34.4 Å². The van der Waals surface area contributed by atoms with Crippen LogP contribution in [0.25, 0.3) is 0 Å². The number of carbonyl (C=O) groups excluding carboxylic acids is 2. The summed E-state index contributed by atoms with van der Waals surface area (Å²) in [6.45, 7) is 17.6. The molecular weight excluding hydrogens is 550 g/mol. The Morgan fingerprint density at radius 3 is 2.29 bits per heavy atom. The van der Waals surface area contributed by atoms with Crippen LogP contribution in [0.1, 0.15) is 59.4 Å². The predicted octanol–water partition coefficient (Wildman–Crippen LogP) is 4.47. The third-order valence-electron chi connectivity index (χ3n) is 9.61. The van der Waals surface area contributed by atoms with Gasteiger partial charge in [-0.3, -0.25) is 9.59 Å². The van der Waals surface area contributed by atoms with E-state index in [1.54, 1.807) is 4.90 Å². The van der Waals surface area contributed by atoms with Crippen LogP contribution in [0.4, 0.5) is 4.79 Å². The molecule has 1 atom stereocenters. The molecule has 1 aromatic carbocycles. The van der Waals surface area contributed by atoms with Crippen molar-refractivity contribution in [3.8, 4) is 0 Å². The maximum Gasteiger partial charge on any atom is 0.405 e. The van der Waals surface area contributed by atoms with Gasteiger partial charge in [0, 0.05) is 25.3 Å².